The lowest BCUT2D eigenvalue weighted by atomic mass is 10.2. The monoisotopic (exact) mass is 215 g/mol. The summed E-state index contributed by atoms with van der Waals surface area (Å²) in [5, 5.41) is 10.5. The second-order valence-electron chi connectivity index (χ2n) is 3.43. The highest BCUT2D eigenvalue weighted by Gasteiger charge is 2.00. The number of thiazole rings is 1. The van der Waals surface area contributed by atoms with Crippen LogP contribution in [0.1, 0.15) is 31.4 Å². The zero-order valence-corrected chi connectivity index (χ0v) is 9.35. The van der Waals surface area contributed by atoms with Crippen LogP contribution in [-0.4, -0.2) is 16.3 Å². The number of aliphatic hydroxyl groups excluding tert-OH is 1. The summed E-state index contributed by atoms with van der Waals surface area (Å²) in [7, 11) is 0. The van der Waals surface area contributed by atoms with Gasteiger partial charge in [0, 0.05) is 24.2 Å². The molecule has 1 aromatic rings. The average molecular weight is 215 g/mol. The predicted octanol–water partition coefficient (Wildman–Crippen LogP) is 1.77. The van der Waals surface area contributed by atoms with Crippen molar-refractivity contribution in [3.05, 3.63) is 20.7 Å². The van der Waals surface area contributed by atoms with E-state index in [-0.39, 0.29) is 11.5 Å². The summed E-state index contributed by atoms with van der Waals surface area (Å²) in [5.41, 5.74) is 1.06. The molecule has 4 heteroatoms. The zero-order valence-electron chi connectivity index (χ0n) is 8.53. The molecule has 1 heterocycles. The molecule has 0 aromatic carbocycles. The lowest BCUT2D eigenvalue weighted by Crippen LogP contribution is -2.14. The van der Waals surface area contributed by atoms with E-state index in [1.807, 2.05) is 16.9 Å². The molecule has 0 unspecified atom stereocenters. The largest absolute Gasteiger partial charge is 0.396 e. The van der Waals surface area contributed by atoms with Gasteiger partial charge in [0.25, 0.3) is 0 Å². The molecule has 0 atom stereocenters. The Morgan fingerprint density at radius 1 is 1.36 bits per heavy atom. The maximum absolute atomic E-state index is 11.3. The fourth-order valence-electron chi connectivity index (χ4n) is 1.41. The van der Waals surface area contributed by atoms with Gasteiger partial charge in [-0.05, 0) is 19.8 Å². The van der Waals surface area contributed by atoms with Gasteiger partial charge in [-0.15, -0.1) is 0 Å². The number of aromatic nitrogens is 1. The van der Waals surface area contributed by atoms with E-state index < -0.39 is 0 Å². The molecule has 0 fully saturated rings. The quantitative estimate of drug-likeness (QED) is 0.735. The first kappa shape index (κ1) is 11.5. The summed E-state index contributed by atoms with van der Waals surface area (Å²) >= 11 is 1.27. The number of aliphatic hydroxyl groups is 1. The van der Waals surface area contributed by atoms with Crippen molar-refractivity contribution < 1.29 is 5.11 Å². The minimum absolute atomic E-state index is 0.143. The maximum Gasteiger partial charge on any atom is 0.307 e. The fourth-order valence-corrected chi connectivity index (χ4v) is 2.17. The van der Waals surface area contributed by atoms with Crippen LogP contribution in [0.4, 0.5) is 0 Å². The lowest BCUT2D eigenvalue weighted by molar-refractivity contribution is 0.282. The lowest BCUT2D eigenvalue weighted by Gasteiger charge is -2.03. The molecule has 0 spiro atoms. The van der Waals surface area contributed by atoms with Crippen LogP contribution in [-0.2, 0) is 6.54 Å². The van der Waals surface area contributed by atoms with Crippen molar-refractivity contribution in [1.29, 1.82) is 0 Å². The van der Waals surface area contributed by atoms with Gasteiger partial charge in [0.2, 0.25) is 0 Å². The van der Waals surface area contributed by atoms with Gasteiger partial charge in [-0.2, -0.15) is 0 Å². The summed E-state index contributed by atoms with van der Waals surface area (Å²) in [5.74, 6) is 0. The van der Waals surface area contributed by atoms with Crippen molar-refractivity contribution in [1.82, 2.24) is 4.57 Å². The van der Waals surface area contributed by atoms with Crippen LogP contribution >= 0.6 is 11.3 Å². The summed E-state index contributed by atoms with van der Waals surface area (Å²) < 4.78 is 1.82. The van der Waals surface area contributed by atoms with Gasteiger partial charge in [0.15, 0.2) is 0 Å². The molecule has 80 valence electrons. The third-order valence-corrected chi connectivity index (χ3v) is 3.15. The van der Waals surface area contributed by atoms with Crippen LogP contribution < -0.4 is 4.87 Å². The molecule has 0 saturated carbocycles. The Morgan fingerprint density at radius 3 is 2.64 bits per heavy atom. The van der Waals surface area contributed by atoms with Crippen molar-refractivity contribution in [2.45, 2.75) is 39.2 Å². The molecule has 0 bridgehead atoms. The molecule has 14 heavy (non-hydrogen) atoms. The molecule has 0 saturated heterocycles. The first-order valence-corrected chi connectivity index (χ1v) is 5.89. The Balaban J connectivity index is 2.28. The highest BCUT2D eigenvalue weighted by molar-refractivity contribution is 7.07. The number of hydrogen-bond donors (Lipinski definition) is 1. The second kappa shape index (κ2) is 5.98. The molecule has 0 aliphatic rings. The van der Waals surface area contributed by atoms with Crippen LogP contribution in [0.2, 0.25) is 0 Å². The Morgan fingerprint density at radius 2 is 2.07 bits per heavy atom. The van der Waals surface area contributed by atoms with Crippen LogP contribution in [0.3, 0.4) is 0 Å². The average Bonchev–Trinajstić information content (AvgIpc) is 2.48. The standard InChI is InChI=1S/C10H17NO2S/c1-9-8-14-10(13)11(9)6-4-2-3-5-7-12/h8,12H,2-7H2,1H3. The van der Waals surface area contributed by atoms with Gasteiger partial charge < -0.3 is 9.67 Å². The molecule has 1 rings (SSSR count). The first-order chi connectivity index (χ1) is 6.75. The molecular formula is C10H17NO2S. The number of unbranched alkanes of at least 4 members (excludes halogenated alkanes) is 3. The molecule has 0 radical (unpaired) electrons. The molecule has 3 nitrogen and oxygen atoms in total. The van der Waals surface area contributed by atoms with Gasteiger partial charge >= 0.3 is 4.87 Å². The third-order valence-electron chi connectivity index (χ3n) is 2.27. The van der Waals surface area contributed by atoms with Crippen molar-refractivity contribution in [2.24, 2.45) is 0 Å². The third kappa shape index (κ3) is 3.27. The van der Waals surface area contributed by atoms with Crippen LogP contribution in [0, 0.1) is 6.92 Å². The summed E-state index contributed by atoms with van der Waals surface area (Å²) in [6, 6.07) is 0. The highest BCUT2D eigenvalue weighted by atomic mass is 32.1. The Bertz CT molecular complexity index is 316. The van der Waals surface area contributed by atoms with Gasteiger partial charge in [-0.3, -0.25) is 4.79 Å². The summed E-state index contributed by atoms with van der Waals surface area (Å²) in [6.07, 6.45) is 4.03. The molecule has 0 amide bonds. The van der Waals surface area contributed by atoms with Crippen LogP contribution in [0.5, 0.6) is 0 Å². The normalized spacial score (nSPS) is 10.7. The van der Waals surface area contributed by atoms with Crippen molar-refractivity contribution in [3.63, 3.8) is 0 Å². The fraction of sp³-hybridized carbons (Fsp3) is 0.700. The van der Waals surface area contributed by atoms with Crippen LogP contribution in [0.15, 0.2) is 10.2 Å². The minimum Gasteiger partial charge on any atom is -0.396 e. The number of aryl methyl sites for hydroxylation is 1. The Kier molecular flexibility index (Phi) is 4.90. The van der Waals surface area contributed by atoms with Gasteiger partial charge in [-0.25, -0.2) is 0 Å². The van der Waals surface area contributed by atoms with Crippen molar-refractivity contribution in [2.75, 3.05) is 6.61 Å². The van der Waals surface area contributed by atoms with E-state index in [1.165, 1.54) is 11.3 Å². The van der Waals surface area contributed by atoms with E-state index in [0.29, 0.717) is 0 Å². The number of rotatable bonds is 6. The van der Waals surface area contributed by atoms with Crippen molar-refractivity contribution in [3.8, 4) is 0 Å². The van der Waals surface area contributed by atoms with Crippen molar-refractivity contribution >= 4 is 11.3 Å². The topological polar surface area (TPSA) is 42.2 Å². The number of hydrogen-bond acceptors (Lipinski definition) is 3. The van der Waals surface area contributed by atoms with E-state index in [0.717, 1.165) is 37.9 Å². The minimum atomic E-state index is 0.143. The van der Waals surface area contributed by atoms with E-state index in [4.69, 9.17) is 5.11 Å². The van der Waals surface area contributed by atoms with E-state index in [2.05, 4.69) is 0 Å². The molecular weight excluding hydrogens is 198 g/mol. The van der Waals surface area contributed by atoms with E-state index >= 15 is 0 Å². The molecule has 1 N–H and O–H groups in total. The Labute approximate surface area is 88.0 Å². The van der Waals surface area contributed by atoms with Crippen LogP contribution in [0.25, 0.3) is 0 Å². The van der Waals surface area contributed by atoms with E-state index in [9.17, 15) is 4.79 Å². The Hall–Kier alpha value is -0.610. The smallest absolute Gasteiger partial charge is 0.307 e. The number of nitrogens with zero attached hydrogens (tertiary/aromatic N) is 1. The highest BCUT2D eigenvalue weighted by Crippen LogP contribution is 2.04. The predicted molar refractivity (Wildman–Crippen MR) is 58.9 cm³/mol. The van der Waals surface area contributed by atoms with Gasteiger partial charge in [-0.1, -0.05) is 24.2 Å². The molecule has 0 aliphatic heterocycles. The molecule has 1 aromatic heterocycles. The maximum atomic E-state index is 11.3. The second-order valence-corrected chi connectivity index (χ2v) is 4.25. The molecule has 0 aliphatic carbocycles. The first-order valence-electron chi connectivity index (χ1n) is 5.01. The SMILES string of the molecule is Cc1csc(=O)n1CCCCCCO. The van der Waals surface area contributed by atoms with E-state index in [1.54, 1.807) is 0 Å². The zero-order chi connectivity index (χ0) is 10.4. The summed E-state index contributed by atoms with van der Waals surface area (Å²) in [6.45, 7) is 3.06. The summed E-state index contributed by atoms with van der Waals surface area (Å²) in [4.78, 5) is 11.4. The van der Waals surface area contributed by atoms with Gasteiger partial charge in [0.1, 0.15) is 0 Å². The van der Waals surface area contributed by atoms with Gasteiger partial charge in [0.05, 0.1) is 0 Å².